The minimum absolute atomic E-state index is 0.0714. The molecule has 1 saturated heterocycles. The van der Waals surface area contributed by atoms with E-state index in [-0.39, 0.29) is 29.8 Å². The van der Waals surface area contributed by atoms with Crippen LogP contribution in [0.1, 0.15) is 28.9 Å². The highest BCUT2D eigenvalue weighted by molar-refractivity contribution is 6.06. The van der Waals surface area contributed by atoms with Crippen molar-refractivity contribution < 1.29 is 14.2 Å². The molecule has 138 valence electrons. The summed E-state index contributed by atoms with van der Waals surface area (Å²) in [5.74, 6) is -0.258. The van der Waals surface area contributed by atoms with E-state index in [1.54, 1.807) is 24.3 Å². The number of nitro groups is 1. The SMILES string of the molecule is O=[N+]([O-])c1ccc([C@@H]2[C@H]3C(c4ccccc4)=N[C@@H](c4ccccc4F)[NH+]32)cc1. The molecule has 0 amide bonds. The van der Waals surface area contributed by atoms with Gasteiger partial charge in [-0.1, -0.05) is 42.5 Å². The van der Waals surface area contributed by atoms with Crippen LogP contribution in [-0.4, -0.2) is 16.7 Å². The number of benzene rings is 3. The molecule has 3 aromatic rings. The number of hydrogen-bond donors (Lipinski definition) is 1. The zero-order chi connectivity index (χ0) is 19.3. The molecule has 4 atom stereocenters. The molecule has 1 unspecified atom stereocenters. The van der Waals surface area contributed by atoms with Gasteiger partial charge in [0.2, 0.25) is 6.17 Å². The fourth-order valence-electron chi connectivity index (χ4n) is 4.23. The standard InChI is InChI=1S/C22H16FN3O2/c23-18-9-5-4-8-17(18)22-24-19(14-6-2-1-3-7-14)21-20(25(21)22)15-10-12-16(13-11-15)26(27)28/h1-13,20-22H/p+1/t20-,21-,22-,25?/m1/s1. The Morgan fingerprint density at radius 1 is 0.893 bits per heavy atom. The normalized spacial score (nSPS) is 25.1. The fraction of sp³-hybridized carbons (Fsp3) is 0.136. The number of fused-ring (bicyclic) bond motifs is 1. The van der Waals surface area contributed by atoms with Gasteiger partial charge < -0.3 is 0 Å². The Morgan fingerprint density at radius 3 is 2.25 bits per heavy atom. The van der Waals surface area contributed by atoms with Crippen molar-refractivity contribution in [3.8, 4) is 0 Å². The van der Waals surface area contributed by atoms with E-state index in [0.29, 0.717) is 5.56 Å². The average molecular weight is 374 g/mol. The van der Waals surface area contributed by atoms with Crippen molar-refractivity contribution in [2.45, 2.75) is 18.2 Å². The molecule has 0 radical (unpaired) electrons. The first-order valence-electron chi connectivity index (χ1n) is 9.13. The van der Waals surface area contributed by atoms with E-state index in [0.717, 1.165) is 21.7 Å². The second-order valence-corrected chi connectivity index (χ2v) is 7.11. The first kappa shape index (κ1) is 16.8. The minimum Gasteiger partial charge on any atom is -0.286 e. The van der Waals surface area contributed by atoms with E-state index in [4.69, 9.17) is 4.99 Å². The first-order valence-corrected chi connectivity index (χ1v) is 9.13. The number of quaternary nitrogens is 1. The third-order valence-electron chi connectivity index (χ3n) is 5.55. The lowest BCUT2D eigenvalue weighted by atomic mass is 10.0. The Labute approximate surface area is 160 Å². The molecule has 0 aliphatic carbocycles. The number of non-ortho nitro benzene ring substituents is 1. The highest BCUT2D eigenvalue weighted by atomic mass is 19.1. The quantitative estimate of drug-likeness (QED) is 0.433. The molecule has 1 fully saturated rings. The zero-order valence-electron chi connectivity index (χ0n) is 14.8. The summed E-state index contributed by atoms with van der Waals surface area (Å²) in [5, 5.41) is 10.9. The fourth-order valence-corrected chi connectivity index (χ4v) is 4.23. The molecule has 2 aliphatic heterocycles. The highest BCUT2D eigenvalue weighted by Crippen LogP contribution is 2.37. The van der Waals surface area contributed by atoms with Gasteiger partial charge in [-0.3, -0.25) is 15.0 Å². The van der Waals surface area contributed by atoms with Gasteiger partial charge in [0.15, 0.2) is 12.1 Å². The number of hydrogen-bond acceptors (Lipinski definition) is 3. The molecule has 28 heavy (non-hydrogen) atoms. The summed E-state index contributed by atoms with van der Waals surface area (Å²) in [5.41, 5.74) is 3.66. The van der Waals surface area contributed by atoms with Gasteiger partial charge in [0, 0.05) is 23.3 Å². The van der Waals surface area contributed by atoms with E-state index in [1.165, 1.54) is 18.2 Å². The van der Waals surface area contributed by atoms with Crippen LogP contribution in [0.2, 0.25) is 0 Å². The molecule has 3 aromatic carbocycles. The van der Waals surface area contributed by atoms with Gasteiger partial charge in [-0.05, 0) is 24.3 Å². The number of rotatable bonds is 4. The summed E-state index contributed by atoms with van der Waals surface area (Å²) in [6.07, 6.45) is -0.318. The van der Waals surface area contributed by atoms with Crippen LogP contribution in [-0.2, 0) is 0 Å². The Balaban J connectivity index is 1.55. The van der Waals surface area contributed by atoms with Crippen molar-refractivity contribution in [2.75, 3.05) is 0 Å². The average Bonchev–Trinajstić information content (AvgIpc) is 3.33. The maximum Gasteiger partial charge on any atom is 0.269 e. The summed E-state index contributed by atoms with van der Waals surface area (Å²) in [6, 6.07) is 23.6. The summed E-state index contributed by atoms with van der Waals surface area (Å²) in [7, 11) is 0. The van der Waals surface area contributed by atoms with Crippen LogP contribution in [0.4, 0.5) is 10.1 Å². The molecule has 2 heterocycles. The molecule has 5 rings (SSSR count). The van der Waals surface area contributed by atoms with Crippen LogP contribution in [0.5, 0.6) is 0 Å². The van der Waals surface area contributed by atoms with Crippen LogP contribution in [0, 0.1) is 15.9 Å². The molecule has 0 saturated carbocycles. The van der Waals surface area contributed by atoms with Gasteiger partial charge in [0.1, 0.15) is 11.5 Å². The number of nitro benzene ring substituents is 1. The lowest BCUT2D eigenvalue weighted by Crippen LogP contribution is -2.93. The third kappa shape index (κ3) is 2.61. The van der Waals surface area contributed by atoms with E-state index in [1.807, 2.05) is 36.4 Å². The number of nitrogens with one attached hydrogen (secondary N) is 1. The summed E-state index contributed by atoms with van der Waals surface area (Å²) in [4.78, 5) is 16.6. The monoisotopic (exact) mass is 374 g/mol. The second-order valence-electron chi connectivity index (χ2n) is 7.11. The van der Waals surface area contributed by atoms with Crippen molar-refractivity contribution in [3.63, 3.8) is 0 Å². The lowest BCUT2D eigenvalue weighted by molar-refractivity contribution is -0.817. The molecular formula is C22H17FN3O2+. The van der Waals surface area contributed by atoms with E-state index < -0.39 is 4.92 Å². The Kier molecular flexibility index (Phi) is 3.80. The molecule has 5 nitrogen and oxygen atoms in total. The van der Waals surface area contributed by atoms with Crippen molar-refractivity contribution in [2.24, 2.45) is 4.99 Å². The predicted octanol–water partition coefficient (Wildman–Crippen LogP) is 3.24. The van der Waals surface area contributed by atoms with Crippen LogP contribution in [0.3, 0.4) is 0 Å². The molecule has 6 heteroatoms. The third-order valence-corrected chi connectivity index (χ3v) is 5.55. The largest absolute Gasteiger partial charge is 0.286 e. The molecule has 0 bridgehead atoms. The summed E-state index contributed by atoms with van der Waals surface area (Å²) >= 11 is 0. The lowest BCUT2D eigenvalue weighted by Gasteiger charge is -2.11. The van der Waals surface area contributed by atoms with Crippen molar-refractivity contribution in [3.05, 3.63) is 111 Å². The van der Waals surface area contributed by atoms with Crippen molar-refractivity contribution in [1.82, 2.24) is 0 Å². The molecule has 2 aliphatic rings. The molecule has 0 spiro atoms. The van der Waals surface area contributed by atoms with E-state index in [9.17, 15) is 14.5 Å². The first-order chi connectivity index (χ1) is 13.6. The smallest absolute Gasteiger partial charge is 0.269 e. The maximum atomic E-state index is 14.5. The minimum atomic E-state index is -0.399. The summed E-state index contributed by atoms with van der Waals surface area (Å²) < 4.78 is 14.5. The van der Waals surface area contributed by atoms with Gasteiger partial charge in [0.05, 0.1) is 10.5 Å². The van der Waals surface area contributed by atoms with Gasteiger partial charge >= 0.3 is 0 Å². The van der Waals surface area contributed by atoms with Gasteiger partial charge in [-0.2, -0.15) is 0 Å². The van der Waals surface area contributed by atoms with Gasteiger partial charge in [-0.15, -0.1) is 0 Å². The molecule has 0 aromatic heterocycles. The van der Waals surface area contributed by atoms with Gasteiger partial charge in [-0.25, -0.2) is 9.38 Å². The van der Waals surface area contributed by atoms with E-state index in [2.05, 4.69) is 0 Å². The van der Waals surface area contributed by atoms with E-state index >= 15 is 0 Å². The molecule has 1 N–H and O–H groups in total. The Bertz CT molecular complexity index is 1080. The maximum absolute atomic E-state index is 14.5. The van der Waals surface area contributed by atoms with Crippen LogP contribution >= 0.6 is 0 Å². The number of aliphatic imine (C=N–C) groups is 1. The Hall–Kier alpha value is -3.38. The van der Waals surface area contributed by atoms with Crippen LogP contribution in [0.25, 0.3) is 0 Å². The van der Waals surface area contributed by atoms with Crippen molar-refractivity contribution >= 4 is 11.4 Å². The van der Waals surface area contributed by atoms with Crippen LogP contribution in [0.15, 0.2) is 83.9 Å². The molecular weight excluding hydrogens is 357 g/mol. The zero-order valence-corrected chi connectivity index (χ0v) is 14.8. The topological polar surface area (TPSA) is 59.9 Å². The van der Waals surface area contributed by atoms with Crippen LogP contribution < -0.4 is 4.90 Å². The number of halogens is 1. The summed E-state index contributed by atoms with van der Waals surface area (Å²) in [6.45, 7) is 0. The second kappa shape index (κ2) is 6.35. The predicted molar refractivity (Wildman–Crippen MR) is 103 cm³/mol. The highest BCUT2D eigenvalue weighted by Gasteiger charge is 2.66. The number of nitrogens with zero attached hydrogens (tertiary/aromatic N) is 2. The van der Waals surface area contributed by atoms with Crippen molar-refractivity contribution in [1.29, 1.82) is 0 Å². The Morgan fingerprint density at radius 2 is 1.57 bits per heavy atom. The van der Waals surface area contributed by atoms with Gasteiger partial charge in [0.25, 0.3) is 5.69 Å².